The first-order valence-electron chi connectivity index (χ1n) is 8.49. The minimum atomic E-state index is -1.33. The van der Waals surface area contributed by atoms with Crippen LogP contribution in [0.2, 0.25) is 0 Å². The quantitative estimate of drug-likeness (QED) is 0.476. The Kier molecular flexibility index (Phi) is 5.14. The molecule has 2 aromatic heterocycles. The van der Waals surface area contributed by atoms with E-state index in [1.807, 2.05) is 43.5 Å². The van der Waals surface area contributed by atoms with Crippen LogP contribution in [0.4, 0.5) is 17.3 Å². The minimum Gasteiger partial charge on any atom is -0.399 e. The molecule has 0 spiro atoms. The Morgan fingerprint density at radius 2 is 1.82 bits per heavy atom. The van der Waals surface area contributed by atoms with E-state index < -0.39 is 10.8 Å². The highest BCUT2D eigenvalue weighted by Gasteiger charge is 2.10. The van der Waals surface area contributed by atoms with Crippen LogP contribution in [0.1, 0.15) is 4.88 Å². The summed E-state index contributed by atoms with van der Waals surface area (Å²) in [5.74, 6) is 0.456. The van der Waals surface area contributed by atoms with Gasteiger partial charge in [-0.3, -0.25) is 0 Å². The molecular weight excluding hydrogens is 390 g/mol. The maximum atomic E-state index is 12.8. The van der Waals surface area contributed by atoms with E-state index in [9.17, 15) is 4.21 Å². The summed E-state index contributed by atoms with van der Waals surface area (Å²) < 4.78 is 12.8. The number of nitrogens with one attached hydrogen (secondary N) is 1. The van der Waals surface area contributed by atoms with Gasteiger partial charge >= 0.3 is 0 Å². The topological polar surface area (TPSA) is 93.8 Å². The monoisotopic (exact) mass is 407 g/mol. The van der Waals surface area contributed by atoms with Crippen LogP contribution in [0.3, 0.4) is 0 Å². The third-order valence-corrected chi connectivity index (χ3v) is 6.17. The summed E-state index contributed by atoms with van der Waals surface area (Å²) >= 11 is 1.58. The van der Waals surface area contributed by atoms with E-state index in [2.05, 4.69) is 20.3 Å². The number of nitrogen functional groups attached to an aromatic ring is 1. The Labute approximate surface area is 169 Å². The van der Waals surface area contributed by atoms with Crippen LogP contribution in [-0.4, -0.2) is 19.2 Å². The lowest BCUT2D eigenvalue weighted by molar-refractivity contribution is 0.683. The van der Waals surface area contributed by atoms with Crippen molar-refractivity contribution in [2.75, 3.05) is 11.1 Å². The van der Waals surface area contributed by atoms with Crippen molar-refractivity contribution < 1.29 is 4.21 Å². The van der Waals surface area contributed by atoms with Gasteiger partial charge in [0, 0.05) is 38.4 Å². The van der Waals surface area contributed by atoms with Crippen molar-refractivity contribution in [1.29, 1.82) is 0 Å². The number of nitrogens with zero attached hydrogens (tertiary/aromatic N) is 3. The smallest absolute Gasteiger partial charge is 0.227 e. The van der Waals surface area contributed by atoms with Crippen molar-refractivity contribution in [1.82, 2.24) is 15.0 Å². The molecule has 0 saturated carbocycles. The van der Waals surface area contributed by atoms with Gasteiger partial charge in [0.15, 0.2) is 0 Å². The summed E-state index contributed by atoms with van der Waals surface area (Å²) in [4.78, 5) is 15.6. The molecule has 0 aliphatic rings. The summed E-state index contributed by atoms with van der Waals surface area (Å²) in [6.45, 7) is 2.01. The maximum Gasteiger partial charge on any atom is 0.227 e. The Hall–Kier alpha value is -3.10. The Morgan fingerprint density at radius 3 is 2.57 bits per heavy atom. The van der Waals surface area contributed by atoms with E-state index in [0.29, 0.717) is 21.4 Å². The molecule has 1 unspecified atom stereocenters. The van der Waals surface area contributed by atoms with Crippen molar-refractivity contribution in [3.63, 3.8) is 0 Å². The zero-order valence-electron chi connectivity index (χ0n) is 15.0. The van der Waals surface area contributed by atoms with Gasteiger partial charge in [-0.15, -0.1) is 11.3 Å². The molecule has 0 aliphatic heterocycles. The zero-order chi connectivity index (χ0) is 19.5. The zero-order valence-corrected chi connectivity index (χ0v) is 16.6. The summed E-state index contributed by atoms with van der Waals surface area (Å²) in [7, 11) is -1.33. The molecule has 0 amide bonds. The van der Waals surface area contributed by atoms with Crippen LogP contribution in [0, 0.1) is 6.92 Å². The molecule has 4 rings (SSSR count). The lowest BCUT2D eigenvalue weighted by atomic mass is 10.3. The average Bonchev–Trinajstić information content (AvgIpc) is 3.14. The molecule has 0 aliphatic carbocycles. The van der Waals surface area contributed by atoms with Gasteiger partial charge in [0.05, 0.1) is 10.8 Å². The van der Waals surface area contributed by atoms with Crippen LogP contribution in [0.25, 0.3) is 10.7 Å². The predicted octanol–water partition coefficient (Wildman–Crippen LogP) is 4.40. The molecule has 28 heavy (non-hydrogen) atoms. The minimum absolute atomic E-state index is 0.456. The molecule has 1 atom stereocenters. The summed E-state index contributed by atoms with van der Waals surface area (Å²) in [6.07, 6.45) is 3.51. The van der Waals surface area contributed by atoms with Crippen LogP contribution < -0.4 is 11.1 Å². The van der Waals surface area contributed by atoms with E-state index in [4.69, 9.17) is 5.73 Å². The first kappa shape index (κ1) is 18.3. The number of rotatable bonds is 5. The third kappa shape index (κ3) is 4.08. The molecule has 0 fully saturated rings. The van der Waals surface area contributed by atoms with Gasteiger partial charge < -0.3 is 11.1 Å². The molecule has 140 valence electrons. The standard InChI is InChI=1S/C20H17N5OS2/c1-13-12-23-19(27-13)18-8-9-22-20(25-18)24-15-5-3-7-17(11-15)28(26)16-6-2-4-14(21)10-16/h2-12H,21H2,1H3,(H,22,24,25). The molecule has 8 heteroatoms. The summed E-state index contributed by atoms with van der Waals surface area (Å²) in [6, 6.07) is 16.3. The van der Waals surface area contributed by atoms with Crippen molar-refractivity contribution in [3.8, 4) is 10.7 Å². The average molecular weight is 408 g/mol. The second-order valence-electron chi connectivity index (χ2n) is 6.04. The predicted molar refractivity (Wildman–Crippen MR) is 113 cm³/mol. The second-order valence-corrected chi connectivity index (χ2v) is 8.75. The fourth-order valence-electron chi connectivity index (χ4n) is 2.60. The Morgan fingerprint density at radius 1 is 1.04 bits per heavy atom. The van der Waals surface area contributed by atoms with Gasteiger partial charge in [0.2, 0.25) is 5.95 Å². The first-order valence-corrected chi connectivity index (χ1v) is 10.5. The normalized spacial score (nSPS) is 11.9. The number of hydrogen-bond donors (Lipinski definition) is 2. The Balaban J connectivity index is 1.58. The van der Waals surface area contributed by atoms with Crippen LogP contribution in [-0.2, 0) is 10.8 Å². The van der Waals surface area contributed by atoms with Gasteiger partial charge in [-0.25, -0.2) is 19.2 Å². The summed E-state index contributed by atoms with van der Waals surface area (Å²) in [5, 5.41) is 4.02. The number of thiazole rings is 1. The van der Waals surface area contributed by atoms with Gasteiger partial charge in [-0.05, 0) is 49.4 Å². The van der Waals surface area contributed by atoms with Crippen molar-refractivity contribution in [2.24, 2.45) is 0 Å². The molecule has 3 N–H and O–H groups in total. The van der Waals surface area contributed by atoms with Crippen molar-refractivity contribution >= 4 is 39.5 Å². The van der Waals surface area contributed by atoms with E-state index in [1.54, 1.807) is 41.8 Å². The maximum absolute atomic E-state index is 12.8. The van der Waals surface area contributed by atoms with E-state index >= 15 is 0 Å². The van der Waals surface area contributed by atoms with Gasteiger partial charge in [0.1, 0.15) is 10.7 Å². The number of hydrogen-bond acceptors (Lipinski definition) is 7. The number of aromatic nitrogens is 3. The van der Waals surface area contributed by atoms with E-state index in [1.165, 1.54) is 0 Å². The lowest BCUT2D eigenvalue weighted by Crippen LogP contribution is -1.99. The molecule has 0 bridgehead atoms. The largest absolute Gasteiger partial charge is 0.399 e. The number of anilines is 3. The van der Waals surface area contributed by atoms with Gasteiger partial charge in [-0.1, -0.05) is 12.1 Å². The number of aryl methyl sites for hydroxylation is 1. The summed E-state index contributed by atoms with van der Waals surface area (Å²) in [5.41, 5.74) is 7.90. The van der Waals surface area contributed by atoms with E-state index in [0.717, 1.165) is 21.3 Å². The second kappa shape index (κ2) is 7.87. The molecule has 4 aromatic rings. The SMILES string of the molecule is Cc1cnc(-c2ccnc(Nc3cccc(S(=O)c4cccc(N)c4)c3)n2)s1. The van der Waals surface area contributed by atoms with E-state index in [-0.39, 0.29) is 0 Å². The highest BCUT2D eigenvalue weighted by atomic mass is 32.2. The number of nitrogens with two attached hydrogens (primary N) is 1. The van der Waals surface area contributed by atoms with Gasteiger partial charge in [-0.2, -0.15) is 0 Å². The van der Waals surface area contributed by atoms with Crippen LogP contribution >= 0.6 is 11.3 Å². The molecule has 2 heterocycles. The molecule has 0 radical (unpaired) electrons. The highest BCUT2D eigenvalue weighted by Crippen LogP contribution is 2.25. The fraction of sp³-hybridized carbons (Fsp3) is 0.0500. The Bertz CT molecular complexity index is 1160. The molecule has 6 nitrogen and oxygen atoms in total. The molecule has 2 aromatic carbocycles. The molecule has 0 saturated heterocycles. The highest BCUT2D eigenvalue weighted by molar-refractivity contribution is 7.85. The lowest BCUT2D eigenvalue weighted by Gasteiger charge is -2.08. The third-order valence-electron chi connectivity index (χ3n) is 3.87. The van der Waals surface area contributed by atoms with Crippen LogP contribution in [0.5, 0.6) is 0 Å². The van der Waals surface area contributed by atoms with Crippen LogP contribution in [0.15, 0.2) is 76.8 Å². The first-order chi connectivity index (χ1) is 13.6. The fourth-order valence-corrected chi connectivity index (χ4v) is 4.48. The van der Waals surface area contributed by atoms with Crippen molar-refractivity contribution in [3.05, 3.63) is 71.9 Å². The van der Waals surface area contributed by atoms with Gasteiger partial charge in [0.25, 0.3) is 0 Å². The molecular formula is C20H17N5OS2. The number of benzene rings is 2. The van der Waals surface area contributed by atoms with Crippen molar-refractivity contribution in [2.45, 2.75) is 16.7 Å².